The van der Waals surface area contributed by atoms with E-state index in [0.29, 0.717) is 40.8 Å². The number of nitrogens with zero attached hydrogens (tertiary/aromatic N) is 4. The summed E-state index contributed by atoms with van der Waals surface area (Å²) < 4.78 is 11.8. The number of aryl methyl sites for hydroxylation is 1. The number of hydrazine groups is 1. The van der Waals surface area contributed by atoms with Gasteiger partial charge in [-0.2, -0.15) is 0 Å². The highest BCUT2D eigenvalue weighted by atomic mass is 35.5. The summed E-state index contributed by atoms with van der Waals surface area (Å²) in [4.78, 5) is 23.2. The maximum absolute atomic E-state index is 13.1. The van der Waals surface area contributed by atoms with E-state index in [-0.39, 0.29) is 18.8 Å². The minimum atomic E-state index is -0.754. The molecule has 0 aliphatic carbocycles. The van der Waals surface area contributed by atoms with Crippen molar-refractivity contribution in [1.29, 1.82) is 0 Å². The van der Waals surface area contributed by atoms with Gasteiger partial charge in [0.05, 0.1) is 23.8 Å². The van der Waals surface area contributed by atoms with Crippen molar-refractivity contribution in [1.82, 2.24) is 9.99 Å². The molecule has 2 aliphatic heterocycles. The van der Waals surface area contributed by atoms with E-state index in [9.17, 15) is 10.0 Å². The van der Waals surface area contributed by atoms with Gasteiger partial charge in [-0.1, -0.05) is 37.1 Å². The van der Waals surface area contributed by atoms with Crippen LogP contribution in [0.3, 0.4) is 0 Å². The highest BCUT2D eigenvalue weighted by Gasteiger charge is 2.40. The average Bonchev–Trinajstić information content (AvgIpc) is 3.48. The fourth-order valence-electron chi connectivity index (χ4n) is 4.32. The van der Waals surface area contributed by atoms with Crippen LogP contribution in [0.15, 0.2) is 35.7 Å². The first kappa shape index (κ1) is 24.2. The molecule has 1 aromatic heterocycles. The van der Waals surface area contributed by atoms with E-state index in [0.717, 1.165) is 29.5 Å². The van der Waals surface area contributed by atoms with Crippen LogP contribution in [0.25, 0.3) is 0 Å². The number of fused-ring (bicyclic) bond motifs is 1. The number of carbonyl (C=O) groups excluding carboxylic acids is 1. The number of hydrogen-bond donors (Lipinski definition) is 0. The standard InChI is InChI=1S/C24H29ClN4O5/c1-4-6-15(2)34-27-29(31)28-12-5-7-21(28)24(30)33-22-16(3)26-13-19-20(22)14-32-23(19)17-8-10-18(25)11-9-17/h8-11,13,15,21,23H,4-7,12,14H2,1-3H3/b29-27+/t15?,21-,23-/m0/s1. The van der Waals surface area contributed by atoms with Crippen molar-refractivity contribution in [3.05, 3.63) is 63.1 Å². The number of aromatic nitrogens is 1. The minimum Gasteiger partial charge on any atom is -0.569 e. The quantitative estimate of drug-likeness (QED) is 0.222. The molecule has 0 spiro atoms. The first-order valence-electron chi connectivity index (χ1n) is 11.6. The fraction of sp³-hybridized carbons (Fsp3) is 0.500. The fourth-order valence-corrected chi connectivity index (χ4v) is 4.45. The molecule has 2 aromatic rings. The second-order valence-corrected chi connectivity index (χ2v) is 9.07. The number of benzene rings is 1. The molecule has 1 saturated heterocycles. The molecular weight excluding hydrogens is 460 g/mol. The highest BCUT2D eigenvalue weighted by molar-refractivity contribution is 6.30. The molecule has 1 unspecified atom stereocenters. The van der Waals surface area contributed by atoms with Gasteiger partial charge in [0.15, 0.2) is 11.8 Å². The van der Waals surface area contributed by atoms with Crippen molar-refractivity contribution in [2.75, 3.05) is 6.54 Å². The van der Waals surface area contributed by atoms with Gasteiger partial charge >= 0.3 is 5.97 Å². The zero-order valence-corrected chi connectivity index (χ0v) is 20.3. The van der Waals surface area contributed by atoms with Crippen LogP contribution in [0.4, 0.5) is 0 Å². The largest absolute Gasteiger partial charge is 0.569 e. The lowest BCUT2D eigenvalue weighted by Crippen LogP contribution is -2.42. The predicted molar refractivity (Wildman–Crippen MR) is 124 cm³/mol. The molecule has 182 valence electrons. The predicted octanol–water partition coefficient (Wildman–Crippen LogP) is 5.03. The highest BCUT2D eigenvalue weighted by Crippen LogP contribution is 2.41. The van der Waals surface area contributed by atoms with Gasteiger partial charge in [-0.3, -0.25) is 4.98 Å². The smallest absolute Gasteiger partial charge is 0.340 e. The molecule has 1 fully saturated rings. The van der Waals surface area contributed by atoms with E-state index in [4.69, 9.17) is 25.9 Å². The molecule has 0 bridgehead atoms. The third kappa shape index (κ3) is 5.10. The van der Waals surface area contributed by atoms with Crippen molar-refractivity contribution in [2.45, 2.75) is 71.3 Å². The first-order valence-corrected chi connectivity index (χ1v) is 11.9. The zero-order valence-electron chi connectivity index (χ0n) is 19.6. The van der Waals surface area contributed by atoms with Gasteiger partial charge in [-0.15, -0.1) is 5.01 Å². The lowest BCUT2D eigenvalue weighted by molar-refractivity contribution is -0.713. The molecule has 3 heterocycles. The Kier molecular flexibility index (Phi) is 7.53. The number of esters is 1. The number of ether oxygens (including phenoxy) is 2. The first-order chi connectivity index (χ1) is 16.4. The molecule has 4 rings (SSSR count). The van der Waals surface area contributed by atoms with Crippen LogP contribution in [0.1, 0.15) is 68.0 Å². The minimum absolute atomic E-state index is 0.177. The van der Waals surface area contributed by atoms with Crippen LogP contribution in [-0.4, -0.2) is 39.6 Å². The van der Waals surface area contributed by atoms with Gasteiger partial charge in [0.2, 0.25) is 5.28 Å². The lowest BCUT2D eigenvalue weighted by Gasteiger charge is -2.20. The summed E-state index contributed by atoms with van der Waals surface area (Å²) in [7, 11) is 0. The molecule has 0 amide bonds. The molecule has 3 atom stereocenters. The molecule has 2 aliphatic rings. The van der Waals surface area contributed by atoms with E-state index in [2.05, 4.69) is 10.3 Å². The maximum Gasteiger partial charge on any atom is 0.340 e. The van der Waals surface area contributed by atoms with Gasteiger partial charge in [0.25, 0.3) is 0 Å². The monoisotopic (exact) mass is 488 g/mol. The summed E-state index contributed by atoms with van der Waals surface area (Å²) in [6, 6.07) is 6.67. The summed E-state index contributed by atoms with van der Waals surface area (Å²) in [6.07, 6.45) is 4.12. The Morgan fingerprint density at radius 3 is 2.91 bits per heavy atom. The third-order valence-corrected chi connectivity index (χ3v) is 6.36. The number of rotatable bonds is 8. The molecule has 0 saturated carbocycles. The van der Waals surface area contributed by atoms with Crippen LogP contribution >= 0.6 is 11.6 Å². The summed E-state index contributed by atoms with van der Waals surface area (Å²) >= 11 is 6.01. The summed E-state index contributed by atoms with van der Waals surface area (Å²) in [6.45, 7) is 6.34. The van der Waals surface area contributed by atoms with Crippen molar-refractivity contribution < 1.29 is 24.1 Å². The van der Waals surface area contributed by atoms with Crippen LogP contribution in [0.5, 0.6) is 5.75 Å². The lowest BCUT2D eigenvalue weighted by atomic mass is 10.0. The van der Waals surface area contributed by atoms with E-state index < -0.39 is 12.0 Å². The summed E-state index contributed by atoms with van der Waals surface area (Å²) in [5.41, 5.74) is 3.15. The normalized spacial score (nSPS) is 20.8. The van der Waals surface area contributed by atoms with Crippen LogP contribution in [-0.2, 0) is 21.0 Å². The summed E-state index contributed by atoms with van der Waals surface area (Å²) in [5, 5.41) is 18.1. The molecule has 1 aromatic carbocycles. The van der Waals surface area contributed by atoms with Crippen molar-refractivity contribution in [3.63, 3.8) is 0 Å². The topological polar surface area (TPSA) is 99.3 Å². The zero-order chi connectivity index (χ0) is 24.2. The Balaban J connectivity index is 1.51. The van der Waals surface area contributed by atoms with Crippen LogP contribution < -0.4 is 4.74 Å². The maximum atomic E-state index is 13.1. The Morgan fingerprint density at radius 2 is 2.18 bits per heavy atom. The Hall–Kier alpha value is -2.91. The average molecular weight is 489 g/mol. The third-order valence-electron chi connectivity index (χ3n) is 6.11. The van der Waals surface area contributed by atoms with Crippen molar-refractivity contribution in [3.8, 4) is 5.75 Å². The molecule has 0 radical (unpaired) electrons. The van der Waals surface area contributed by atoms with Crippen molar-refractivity contribution in [2.24, 2.45) is 5.28 Å². The molecule has 0 N–H and O–H groups in total. The Bertz CT molecular complexity index is 1060. The van der Waals surface area contributed by atoms with E-state index >= 15 is 0 Å². The van der Waals surface area contributed by atoms with Gasteiger partial charge in [0.1, 0.15) is 12.2 Å². The molecule has 34 heavy (non-hydrogen) atoms. The van der Waals surface area contributed by atoms with E-state index in [1.807, 2.05) is 38.1 Å². The molecular formula is C24H29ClN4O5. The molecule has 10 heteroatoms. The van der Waals surface area contributed by atoms with Crippen LogP contribution in [0, 0.1) is 12.1 Å². The second-order valence-electron chi connectivity index (χ2n) is 8.63. The number of hydrogen-bond acceptors (Lipinski definition) is 7. The summed E-state index contributed by atoms with van der Waals surface area (Å²) in [5.74, 6) is -0.142. The number of carbonyl (C=O) groups is 1. The Labute approximate surface area is 203 Å². The van der Waals surface area contributed by atoms with Gasteiger partial charge < -0.3 is 19.5 Å². The second kappa shape index (κ2) is 10.6. The van der Waals surface area contributed by atoms with Crippen molar-refractivity contribution >= 4 is 17.6 Å². The van der Waals surface area contributed by atoms with Crippen LogP contribution in [0.2, 0.25) is 5.02 Å². The van der Waals surface area contributed by atoms with E-state index in [1.54, 1.807) is 13.1 Å². The van der Waals surface area contributed by atoms with Gasteiger partial charge in [-0.05, 0) is 50.8 Å². The van der Waals surface area contributed by atoms with Gasteiger partial charge in [-0.25, -0.2) is 4.79 Å². The number of halogens is 1. The number of pyridine rings is 1. The Morgan fingerprint density at radius 1 is 1.41 bits per heavy atom. The SMILES string of the molecule is CCCC(C)O/N=[N+](/[O-])N1CCC[C@H]1C(=O)Oc1c(C)ncc2c1CO[C@H]2c1ccc(Cl)cc1. The van der Waals surface area contributed by atoms with E-state index in [1.165, 1.54) is 5.01 Å². The van der Waals surface area contributed by atoms with Gasteiger partial charge in [0, 0.05) is 22.3 Å². The molecule has 9 nitrogen and oxygen atoms in total.